The highest BCUT2D eigenvalue weighted by molar-refractivity contribution is 6.17. The van der Waals surface area contributed by atoms with Crippen LogP contribution in [0, 0.1) is 5.92 Å². The third-order valence-electron chi connectivity index (χ3n) is 2.18. The molecule has 3 nitrogen and oxygen atoms in total. The molecule has 1 rings (SSSR count). The zero-order valence-electron chi connectivity index (χ0n) is 8.25. The molecule has 1 heterocycles. The fourth-order valence-corrected chi connectivity index (χ4v) is 1.08. The number of hydrogen-bond acceptors (Lipinski definition) is 3. The summed E-state index contributed by atoms with van der Waals surface area (Å²) in [6, 6.07) is 0. The number of aromatic nitrogens is 2. The Bertz CT molecular complexity index is 260. The maximum atomic E-state index is 5.56. The van der Waals surface area contributed by atoms with Gasteiger partial charge >= 0.3 is 0 Å². The minimum atomic E-state index is 0.316. The van der Waals surface area contributed by atoms with E-state index in [0.717, 1.165) is 5.89 Å². The lowest BCUT2D eigenvalue weighted by atomic mass is 9.98. The Hall–Kier alpha value is -0.570. The summed E-state index contributed by atoms with van der Waals surface area (Å²) in [6.45, 7) is 6.36. The molecule has 0 aliphatic rings. The summed E-state index contributed by atoms with van der Waals surface area (Å²) in [5.41, 5.74) is 0. The predicted molar refractivity (Wildman–Crippen MR) is 52.0 cm³/mol. The molecule has 0 fully saturated rings. The number of nitrogens with zero attached hydrogens (tertiary/aromatic N) is 2. The van der Waals surface area contributed by atoms with Gasteiger partial charge in [-0.3, -0.25) is 0 Å². The van der Waals surface area contributed by atoms with Gasteiger partial charge in [0.05, 0.1) is 0 Å². The van der Waals surface area contributed by atoms with Crippen LogP contribution in [0.5, 0.6) is 0 Å². The van der Waals surface area contributed by atoms with Crippen LogP contribution in [0.15, 0.2) is 4.42 Å². The molecule has 0 spiro atoms. The molecule has 1 unspecified atom stereocenters. The molecule has 0 saturated heterocycles. The molecule has 0 aliphatic carbocycles. The highest BCUT2D eigenvalue weighted by Gasteiger charge is 2.16. The lowest BCUT2D eigenvalue weighted by Gasteiger charge is -2.09. The molecule has 0 radical (unpaired) electrons. The summed E-state index contributed by atoms with van der Waals surface area (Å²) in [5, 5.41) is 7.89. The summed E-state index contributed by atoms with van der Waals surface area (Å²) < 4.78 is 5.44. The van der Waals surface area contributed by atoms with Gasteiger partial charge in [0.15, 0.2) is 0 Å². The lowest BCUT2D eigenvalue weighted by molar-refractivity contribution is 0.383. The van der Waals surface area contributed by atoms with Gasteiger partial charge in [0.1, 0.15) is 0 Å². The van der Waals surface area contributed by atoms with Gasteiger partial charge in [0.25, 0.3) is 0 Å². The SMILES string of the molecule is CC(C)C(C)c1nnc(CCCl)o1. The molecule has 0 saturated carbocycles. The summed E-state index contributed by atoms with van der Waals surface area (Å²) in [4.78, 5) is 0. The van der Waals surface area contributed by atoms with Crippen molar-refractivity contribution in [2.24, 2.45) is 5.92 Å². The molecule has 13 heavy (non-hydrogen) atoms. The normalized spacial score (nSPS) is 13.6. The number of aryl methyl sites for hydroxylation is 1. The van der Waals surface area contributed by atoms with E-state index in [0.29, 0.717) is 30.0 Å². The predicted octanol–water partition coefficient (Wildman–Crippen LogP) is 2.61. The van der Waals surface area contributed by atoms with Crippen LogP contribution in [0.3, 0.4) is 0 Å². The van der Waals surface area contributed by atoms with Crippen molar-refractivity contribution in [3.63, 3.8) is 0 Å². The highest BCUT2D eigenvalue weighted by Crippen LogP contribution is 2.22. The van der Waals surface area contributed by atoms with Crippen molar-refractivity contribution in [3.05, 3.63) is 11.8 Å². The van der Waals surface area contributed by atoms with Gasteiger partial charge in [-0.15, -0.1) is 21.8 Å². The number of rotatable bonds is 4. The van der Waals surface area contributed by atoms with Crippen LogP contribution in [0.4, 0.5) is 0 Å². The minimum Gasteiger partial charge on any atom is -0.425 e. The van der Waals surface area contributed by atoms with E-state index < -0.39 is 0 Å². The van der Waals surface area contributed by atoms with E-state index >= 15 is 0 Å². The van der Waals surface area contributed by atoms with Gasteiger partial charge in [0.2, 0.25) is 11.8 Å². The van der Waals surface area contributed by atoms with Gasteiger partial charge in [-0.25, -0.2) is 0 Å². The topological polar surface area (TPSA) is 38.9 Å². The summed E-state index contributed by atoms with van der Waals surface area (Å²) in [7, 11) is 0. The van der Waals surface area contributed by atoms with Crippen molar-refractivity contribution < 1.29 is 4.42 Å². The lowest BCUT2D eigenvalue weighted by Crippen LogP contribution is -2.01. The second-order valence-corrected chi connectivity index (χ2v) is 3.88. The maximum absolute atomic E-state index is 5.56. The van der Waals surface area contributed by atoms with Gasteiger partial charge in [-0.2, -0.15) is 0 Å². The molecule has 74 valence electrons. The van der Waals surface area contributed by atoms with Crippen LogP contribution in [0.2, 0.25) is 0 Å². The van der Waals surface area contributed by atoms with E-state index in [9.17, 15) is 0 Å². The fourth-order valence-electron chi connectivity index (χ4n) is 0.918. The Morgan fingerprint density at radius 2 is 2.00 bits per heavy atom. The Labute approximate surface area is 83.5 Å². The van der Waals surface area contributed by atoms with Crippen LogP contribution in [-0.2, 0) is 6.42 Å². The molecule has 0 bridgehead atoms. The number of halogens is 1. The van der Waals surface area contributed by atoms with E-state index in [4.69, 9.17) is 16.0 Å². The highest BCUT2D eigenvalue weighted by atomic mass is 35.5. The average molecular weight is 203 g/mol. The first kappa shape index (κ1) is 10.5. The zero-order valence-corrected chi connectivity index (χ0v) is 9.01. The molecule has 0 aliphatic heterocycles. The van der Waals surface area contributed by atoms with Crippen molar-refractivity contribution in [3.8, 4) is 0 Å². The third-order valence-corrected chi connectivity index (χ3v) is 2.37. The first-order valence-corrected chi connectivity index (χ1v) is 5.06. The van der Waals surface area contributed by atoms with Gasteiger partial charge in [0, 0.05) is 18.2 Å². The molecule has 1 aromatic rings. The van der Waals surface area contributed by atoms with Crippen molar-refractivity contribution in [1.29, 1.82) is 0 Å². The van der Waals surface area contributed by atoms with Crippen molar-refractivity contribution in [2.45, 2.75) is 33.1 Å². The van der Waals surface area contributed by atoms with Gasteiger partial charge < -0.3 is 4.42 Å². The average Bonchev–Trinajstić information content (AvgIpc) is 2.52. The largest absolute Gasteiger partial charge is 0.425 e. The van der Waals surface area contributed by atoms with Crippen molar-refractivity contribution in [2.75, 3.05) is 5.88 Å². The number of hydrogen-bond donors (Lipinski definition) is 0. The number of alkyl halides is 1. The van der Waals surface area contributed by atoms with Crippen LogP contribution >= 0.6 is 11.6 Å². The van der Waals surface area contributed by atoms with Crippen LogP contribution < -0.4 is 0 Å². The monoisotopic (exact) mass is 202 g/mol. The Balaban J connectivity index is 2.67. The second kappa shape index (κ2) is 4.61. The van der Waals surface area contributed by atoms with Crippen molar-refractivity contribution >= 4 is 11.6 Å². The van der Waals surface area contributed by atoms with Crippen LogP contribution in [-0.4, -0.2) is 16.1 Å². The molecular weight excluding hydrogens is 188 g/mol. The smallest absolute Gasteiger partial charge is 0.219 e. The second-order valence-electron chi connectivity index (χ2n) is 3.51. The molecule has 0 amide bonds. The Morgan fingerprint density at radius 1 is 1.31 bits per heavy atom. The summed E-state index contributed by atoms with van der Waals surface area (Å²) >= 11 is 5.56. The zero-order chi connectivity index (χ0) is 9.84. The molecule has 1 aromatic heterocycles. The van der Waals surface area contributed by atoms with E-state index in [2.05, 4.69) is 31.0 Å². The first-order valence-electron chi connectivity index (χ1n) is 4.53. The Kier molecular flexibility index (Phi) is 3.72. The van der Waals surface area contributed by atoms with E-state index in [1.54, 1.807) is 0 Å². The molecule has 4 heteroatoms. The molecule has 0 N–H and O–H groups in total. The van der Waals surface area contributed by atoms with Crippen molar-refractivity contribution in [1.82, 2.24) is 10.2 Å². The van der Waals surface area contributed by atoms with E-state index in [-0.39, 0.29) is 0 Å². The van der Waals surface area contributed by atoms with Gasteiger partial charge in [-0.05, 0) is 5.92 Å². The van der Waals surface area contributed by atoms with Crippen LogP contribution in [0.25, 0.3) is 0 Å². The Morgan fingerprint density at radius 3 is 2.54 bits per heavy atom. The van der Waals surface area contributed by atoms with Gasteiger partial charge in [-0.1, -0.05) is 20.8 Å². The summed E-state index contributed by atoms with van der Waals surface area (Å²) in [5.74, 6) is 2.71. The minimum absolute atomic E-state index is 0.316. The summed E-state index contributed by atoms with van der Waals surface area (Å²) in [6.07, 6.45) is 0.652. The standard InChI is InChI=1S/C9H15ClN2O/c1-6(2)7(3)9-12-11-8(13-9)4-5-10/h6-7H,4-5H2,1-3H3. The van der Waals surface area contributed by atoms with E-state index in [1.165, 1.54) is 0 Å². The quantitative estimate of drug-likeness (QED) is 0.705. The third kappa shape index (κ3) is 2.69. The maximum Gasteiger partial charge on any atom is 0.219 e. The molecular formula is C9H15ClN2O. The van der Waals surface area contributed by atoms with E-state index in [1.807, 2.05) is 0 Å². The first-order chi connectivity index (χ1) is 6.15. The fraction of sp³-hybridized carbons (Fsp3) is 0.778. The van der Waals surface area contributed by atoms with Crippen LogP contribution in [0.1, 0.15) is 38.5 Å². The molecule has 0 aromatic carbocycles. The molecule has 1 atom stereocenters.